The lowest BCUT2D eigenvalue weighted by Gasteiger charge is -1.89. The Hall–Kier alpha value is -0.320. The molecule has 0 atom stereocenters. The van der Waals surface area contributed by atoms with Gasteiger partial charge in [-0.1, -0.05) is 15.9 Å². The molecule has 70 valence electrons. The van der Waals surface area contributed by atoms with Gasteiger partial charge >= 0.3 is 0 Å². The van der Waals surface area contributed by atoms with Crippen molar-refractivity contribution in [2.45, 2.75) is 0 Å². The lowest BCUT2D eigenvalue weighted by atomic mass is 10.2. The maximum atomic E-state index is 5.70. The van der Waals surface area contributed by atoms with E-state index in [1.54, 1.807) is 11.3 Å². The summed E-state index contributed by atoms with van der Waals surface area (Å²) in [7, 11) is 0. The van der Waals surface area contributed by atoms with Gasteiger partial charge in [-0.25, -0.2) is 0 Å². The molecule has 3 aromatic rings. The summed E-state index contributed by atoms with van der Waals surface area (Å²) in [4.78, 5) is 0. The van der Waals surface area contributed by atoms with Gasteiger partial charge in [0.25, 0.3) is 0 Å². The molecule has 0 fully saturated rings. The molecular formula is C10H4Br2OS. The van der Waals surface area contributed by atoms with E-state index in [0.717, 1.165) is 19.4 Å². The first-order chi connectivity index (χ1) is 6.74. The maximum Gasteiger partial charge on any atom is 0.147 e. The fourth-order valence-electron chi connectivity index (χ4n) is 1.50. The first-order valence-corrected chi connectivity index (χ1v) is 6.41. The fraction of sp³-hybridized carbons (Fsp3) is 0. The number of hydrogen-bond donors (Lipinski definition) is 0. The zero-order valence-corrected chi connectivity index (χ0v) is 10.9. The van der Waals surface area contributed by atoms with Gasteiger partial charge in [-0.3, -0.25) is 0 Å². The standard InChI is InChI=1S/C10H4Br2OS/c11-5-1-2-6-7(3-5)13-8-4-9(12)14-10(6)8/h1-4H. The molecule has 0 N–H and O–H groups in total. The Morgan fingerprint density at radius 1 is 1.07 bits per heavy atom. The number of benzene rings is 1. The van der Waals surface area contributed by atoms with E-state index in [2.05, 4.69) is 37.9 Å². The maximum absolute atomic E-state index is 5.70. The minimum atomic E-state index is 0.938. The lowest BCUT2D eigenvalue weighted by Crippen LogP contribution is -1.63. The van der Waals surface area contributed by atoms with Crippen molar-refractivity contribution in [2.75, 3.05) is 0 Å². The number of furan rings is 1. The molecule has 3 rings (SSSR count). The minimum absolute atomic E-state index is 0.938. The Labute approximate surface area is 101 Å². The Morgan fingerprint density at radius 2 is 1.93 bits per heavy atom. The van der Waals surface area contributed by atoms with E-state index in [1.807, 2.05) is 18.2 Å². The average molecular weight is 332 g/mol. The van der Waals surface area contributed by atoms with Crippen LogP contribution in [0.1, 0.15) is 0 Å². The van der Waals surface area contributed by atoms with Crippen LogP contribution in [0, 0.1) is 0 Å². The highest BCUT2D eigenvalue weighted by Crippen LogP contribution is 2.38. The molecule has 0 bridgehead atoms. The average Bonchev–Trinajstić information content (AvgIpc) is 2.59. The second-order valence-electron chi connectivity index (χ2n) is 2.99. The molecule has 0 saturated heterocycles. The van der Waals surface area contributed by atoms with Crippen LogP contribution in [0.25, 0.3) is 21.3 Å². The summed E-state index contributed by atoms with van der Waals surface area (Å²) >= 11 is 8.58. The van der Waals surface area contributed by atoms with E-state index in [0.29, 0.717) is 0 Å². The van der Waals surface area contributed by atoms with E-state index in [-0.39, 0.29) is 0 Å². The van der Waals surface area contributed by atoms with Gasteiger partial charge in [0.2, 0.25) is 0 Å². The molecule has 1 nitrogen and oxygen atoms in total. The summed E-state index contributed by atoms with van der Waals surface area (Å²) in [6, 6.07) is 8.11. The van der Waals surface area contributed by atoms with Gasteiger partial charge in [0, 0.05) is 15.9 Å². The first-order valence-electron chi connectivity index (χ1n) is 4.01. The Balaban J connectivity index is 2.52. The van der Waals surface area contributed by atoms with Gasteiger partial charge in [-0.05, 0) is 34.1 Å². The number of rotatable bonds is 0. The zero-order valence-electron chi connectivity index (χ0n) is 6.88. The third kappa shape index (κ3) is 1.25. The molecule has 0 radical (unpaired) electrons. The van der Waals surface area contributed by atoms with Gasteiger partial charge in [0.1, 0.15) is 11.2 Å². The second-order valence-corrected chi connectivity index (χ2v) is 6.33. The molecule has 0 saturated carbocycles. The Bertz CT molecular complexity index is 620. The molecule has 0 aliphatic heterocycles. The smallest absolute Gasteiger partial charge is 0.147 e. The molecular weight excluding hydrogens is 328 g/mol. The van der Waals surface area contributed by atoms with Crippen molar-refractivity contribution in [3.8, 4) is 0 Å². The second kappa shape index (κ2) is 3.08. The molecule has 0 amide bonds. The van der Waals surface area contributed by atoms with Gasteiger partial charge < -0.3 is 4.42 Å². The molecule has 0 unspecified atom stereocenters. The van der Waals surface area contributed by atoms with Gasteiger partial charge in [-0.2, -0.15) is 0 Å². The summed E-state index contributed by atoms with van der Waals surface area (Å²) in [6.45, 7) is 0. The van der Waals surface area contributed by atoms with Crippen LogP contribution in [0.15, 0.2) is 36.9 Å². The predicted octanol–water partition coefficient (Wildman–Crippen LogP) is 5.17. The minimum Gasteiger partial charge on any atom is -0.455 e. The Morgan fingerprint density at radius 3 is 2.79 bits per heavy atom. The van der Waals surface area contributed by atoms with Crippen molar-refractivity contribution < 1.29 is 4.42 Å². The van der Waals surface area contributed by atoms with Crippen molar-refractivity contribution in [3.05, 3.63) is 32.5 Å². The van der Waals surface area contributed by atoms with Crippen LogP contribution in [0.5, 0.6) is 0 Å². The topological polar surface area (TPSA) is 13.1 Å². The van der Waals surface area contributed by atoms with E-state index in [9.17, 15) is 0 Å². The Kier molecular flexibility index (Phi) is 1.97. The molecule has 0 aliphatic carbocycles. The molecule has 4 heteroatoms. The molecule has 2 aromatic heterocycles. The summed E-state index contributed by atoms with van der Waals surface area (Å²) in [6.07, 6.45) is 0. The third-order valence-corrected chi connectivity index (χ3v) is 4.22. The highest BCUT2D eigenvalue weighted by molar-refractivity contribution is 9.11. The van der Waals surface area contributed by atoms with Gasteiger partial charge in [0.05, 0.1) is 8.49 Å². The molecule has 14 heavy (non-hydrogen) atoms. The summed E-state index contributed by atoms with van der Waals surface area (Å²) in [5, 5.41) is 1.18. The monoisotopic (exact) mass is 330 g/mol. The van der Waals surface area contributed by atoms with Crippen LogP contribution in [0.4, 0.5) is 0 Å². The predicted molar refractivity (Wildman–Crippen MR) is 67.0 cm³/mol. The number of hydrogen-bond acceptors (Lipinski definition) is 2. The van der Waals surface area contributed by atoms with Crippen LogP contribution in [-0.4, -0.2) is 0 Å². The van der Waals surface area contributed by atoms with Crippen molar-refractivity contribution in [1.29, 1.82) is 0 Å². The molecule has 0 spiro atoms. The number of thiophene rings is 1. The van der Waals surface area contributed by atoms with E-state index in [4.69, 9.17) is 4.42 Å². The quantitative estimate of drug-likeness (QED) is 0.553. The summed E-state index contributed by atoms with van der Waals surface area (Å²) in [5.74, 6) is 0. The van der Waals surface area contributed by atoms with E-state index in [1.165, 1.54) is 10.1 Å². The van der Waals surface area contributed by atoms with Crippen molar-refractivity contribution in [2.24, 2.45) is 0 Å². The zero-order chi connectivity index (χ0) is 9.71. The number of fused-ring (bicyclic) bond motifs is 3. The third-order valence-electron chi connectivity index (χ3n) is 2.08. The summed E-state index contributed by atoms with van der Waals surface area (Å²) in [5.41, 5.74) is 1.89. The van der Waals surface area contributed by atoms with Crippen molar-refractivity contribution >= 4 is 64.4 Å². The first kappa shape index (κ1) is 8.95. The normalized spacial score (nSPS) is 11.6. The van der Waals surface area contributed by atoms with E-state index >= 15 is 0 Å². The van der Waals surface area contributed by atoms with Crippen molar-refractivity contribution in [3.63, 3.8) is 0 Å². The highest BCUT2D eigenvalue weighted by Gasteiger charge is 2.09. The fourth-order valence-corrected chi connectivity index (χ4v) is 3.37. The molecule has 1 aromatic carbocycles. The molecule has 2 heterocycles. The van der Waals surface area contributed by atoms with Crippen LogP contribution >= 0.6 is 43.2 Å². The molecule has 0 aliphatic rings. The SMILES string of the molecule is Brc1ccc2c(c1)oc1cc(Br)sc12. The van der Waals surface area contributed by atoms with Crippen LogP contribution in [0.3, 0.4) is 0 Å². The van der Waals surface area contributed by atoms with Gasteiger partial charge in [-0.15, -0.1) is 11.3 Å². The van der Waals surface area contributed by atoms with Crippen LogP contribution in [-0.2, 0) is 0 Å². The summed E-state index contributed by atoms with van der Waals surface area (Å²) < 4.78 is 9.07. The highest BCUT2D eigenvalue weighted by atomic mass is 79.9. The van der Waals surface area contributed by atoms with Crippen LogP contribution in [0.2, 0.25) is 0 Å². The number of halogens is 2. The van der Waals surface area contributed by atoms with Crippen molar-refractivity contribution in [1.82, 2.24) is 0 Å². The largest absolute Gasteiger partial charge is 0.455 e. The van der Waals surface area contributed by atoms with Gasteiger partial charge in [0.15, 0.2) is 0 Å². The van der Waals surface area contributed by atoms with Crippen LogP contribution < -0.4 is 0 Å². The lowest BCUT2D eigenvalue weighted by molar-refractivity contribution is 0.669. The van der Waals surface area contributed by atoms with E-state index < -0.39 is 0 Å².